The van der Waals surface area contributed by atoms with Gasteiger partial charge in [-0.25, -0.2) is 0 Å². The first kappa shape index (κ1) is 48.5. The highest BCUT2D eigenvalue weighted by atomic mass is 16.3. The molecule has 364 valence electrons. The summed E-state index contributed by atoms with van der Waals surface area (Å²) in [7, 11) is 0. The minimum absolute atomic E-state index is 0.00886. The van der Waals surface area contributed by atoms with Crippen LogP contribution in [0.3, 0.4) is 0 Å². The average Bonchev–Trinajstić information content (AvgIpc) is 3.51. The molecule has 0 aromatic heterocycles. The number of fused-ring (bicyclic) bond motifs is 9. The Labute approximate surface area is 440 Å². The van der Waals surface area contributed by atoms with E-state index in [4.69, 9.17) is 0 Å². The van der Waals surface area contributed by atoms with Gasteiger partial charge in [0.1, 0.15) is 0 Å². The first-order valence-electron chi connectivity index (χ1n) is 24.9. The fourth-order valence-electron chi connectivity index (χ4n) is 10.2. The van der Waals surface area contributed by atoms with E-state index in [1.54, 1.807) is 24.3 Å². The van der Waals surface area contributed by atoms with Gasteiger partial charge in [-0.3, -0.25) is 19.2 Å². The van der Waals surface area contributed by atoms with Gasteiger partial charge in [-0.05, 0) is 137 Å². The van der Waals surface area contributed by atoms with E-state index in [9.17, 15) is 29.4 Å². The molecule has 0 fully saturated rings. The molecule has 13 rings (SSSR count). The maximum atomic E-state index is 13.0. The predicted molar refractivity (Wildman–Crippen MR) is 305 cm³/mol. The number of Topliss-reactive ketones (excluding diaryl/α,β-unsaturated/α-hetero) is 4. The van der Waals surface area contributed by atoms with Gasteiger partial charge in [-0.15, -0.1) is 0 Å². The molecule has 0 aliphatic heterocycles. The average molecular weight is 985 g/mol. The predicted octanol–water partition coefficient (Wildman–Crippen LogP) is 15.5. The standard InChI is InChI=1S/C29H22O3.C27H18O.C14H8O2/c1-18-25-12-10-23(21-6-2-19(16-30)3-7-21)14-27(25)28-15-24(11-13-26(28)29(18)32)22-8-4-20(17-31)5-9-22;1-18-23-14-12-21(19-8-4-2-5-9-19)16-25(23)26-17-22(13-15-24(26)27(18)28)20-10-6-3-7-11-20;15-13-11-7-3-1-5-9(11)10-6-2-4-8-12(10)14(13)16/h2-15,30-31H,1,16-17H2;2-17H,1H2;1-8H. The van der Waals surface area contributed by atoms with Crippen LogP contribution in [0.4, 0.5) is 0 Å². The number of hydrogen-bond donors (Lipinski definition) is 2. The quantitative estimate of drug-likeness (QED) is 0.127. The van der Waals surface area contributed by atoms with Gasteiger partial charge >= 0.3 is 0 Å². The summed E-state index contributed by atoms with van der Waals surface area (Å²) >= 11 is 0. The van der Waals surface area contributed by atoms with Crippen LogP contribution >= 0.6 is 0 Å². The molecule has 2 N–H and O–H groups in total. The van der Waals surface area contributed by atoms with Gasteiger partial charge in [0, 0.05) is 33.4 Å². The molecule has 0 unspecified atom stereocenters. The van der Waals surface area contributed by atoms with Crippen LogP contribution in [0.15, 0.2) is 244 Å². The summed E-state index contributed by atoms with van der Waals surface area (Å²) in [5.74, 6) is -0.854. The van der Waals surface area contributed by atoms with Crippen molar-refractivity contribution >= 4 is 34.3 Å². The molecule has 0 bridgehead atoms. The molecule has 76 heavy (non-hydrogen) atoms. The van der Waals surface area contributed by atoms with Crippen molar-refractivity contribution < 1.29 is 29.4 Å². The summed E-state index contributed by atoms with van der Waals surface area (Å²) in [4.78, 5) is 49.5. The van der Waals surface area contributed by atoms with Crippen molar-refractivity contribution in [1.29, 1.82) is 0 Å². The van der Waals surface area contributed by atoms with E-state index in [1.165, 1.54) is 0 Å². The zero-order valence-corrected chi connectivity index (χ0v) is 41.3. The van der Waals surface area contributed by atoms with Crippen LogP contribution < -0.4 is 0 Å². The highest BCUT2D eigenvalue weighted by Gasteiger charge is 2.30. The first-order chi connectivity index (χ1) is 37.1. The molecule has 0 saturated heterocycles. The van der Waals surface area contributed by atoms with Crippen molar-refractivity contribution in [3.05, 3.63) is 288 Å². The number of rotatable bonds is 6. The Kier molecular flexibility index (Phi) is 13.2. The number of carbonyl (C=O) groups excluding carboxylic acids is 4. The van der Waals surface area contributed by atoms with E-state index < -0.39 is 11.6 Å². The van der Waals surface area contributed by atoms with Gasteiger partial charge in [0.15, 0.2) is 11.6 Å². The highest BCUT2D eigenvalue weighted by molar-refractivity contribution is 6.53. The van der Waals surface area contributed by atoms with E-state index >= 15 is 0 Å². The van der Waals surface area contributed by atoms with E-state index in [0.717, 1.165) is 106 Å². The van der Waals surface area contributed by atoms with Gasteiger partial charge in [-0.1, -0.05) is 207 Å². The Morgan fingerprint density at radius 1 is 0.237 bits per heavy atom. The van der Waals surface area contributed by atoms with E-state index in [2.05, 4.69) is 67.8 Å². The summed E-state index contributed by atoms with van der Waals surface area (Å²) in [6.07, 6.45) is 0. The summed E-state index contributed by atoms with van der Waals surface area (Å²) in [5, 5.41) is 18.6. The van der Waals surface area contributed by atoms with Crippen molar-refractivity contribution in [3.8, 4) is 77.9 Å². The maximum absolute atomic E-state index is 13.0. The van der Waals surface area contributed by atoms with Crippen LogP contribution in [0, 0.1) is 0 Å². The number of carbonyl (C=O) groups is 4. The van der Waals surface area contributed by atoms with Gasteiger partial charge in [0.25, 0.3) is 0 Å². The van der Waals surface area contributed by atoms with Gasteiger partial charge in [0.2, 0.25) is 11.6 Å². The molecular weight excluding hydrogens is 937 g/mol. The molecule has 10 aromatic rings. The highest BCUT2D eigenvalue weighted by Crippen LogP contribution is 2.44. The van der Waals surface area contributed by atoms with Crippen LogP contribution in [0.1, 0.15) is 63.7 Å². The topological polar surface area (TPSA) is 109 Å². The zero-order valence-electron chi connectivity index (χ0n) is 41.3. The summed E-state index contributed by atoms with van der Waals surface area (Å²) in [6.45, 7) is 8.15. The minimum Gasteiger partial charge on any atom is -0.392 e. The third-order valence-corrected chi connectivity index (χ3v) is 14.3. The Bertz CT molecular complexity index is 3720. The number of aliphatic hydroxyl groups excluding tert-OH is 2. The van der Waals surface area contributed by atoms with Crippen LogP contribution in [-0.2, 0) is 13.2 Å². The second-order valence-corrected chi connectivity index (χ2v) is 18.8. The van der Waals surface area contributed by atoms with Crippen LogP contribution in [0.25, 0.3) is 89.0 Å². The molecule has 6 heteroatoms. The van der Waals surface area contributed by atoms with Crippen molar-refractivity contribution in [2.24, 2.45) is 0 Å². The van der Waals surface area contributed by atoms with Crippen molar-refractivity contribution in [2.75, 3.05) is 0 Å². The van der Waals surface area contributed by atoms with Crippen molar-refractivity contribution in [2.45, 2.75) is 13.2 Å². The third-order valence-electron chi connectivity index (χ3n) is 14.3. The van der Waals surface area contributed by atoms with Crippen LogP contribution in [0.2, 0.25) is 0 Å². The SMILES string of the molecule is C=C1C(=O)c2ccc(-c3ccc(CO)cc3)cc2-c2cc(-c3ccc(CO)cc3)ccc21.C=C1C(=O)c2ccc(-c3ccccc3)cc2-c2cc(-c3ccccc3)ccc21.O=C1C(=O)c2ccccc2-c2ccccc21. The van der Waals surface area contributed by atoms with Crippen molar-refractivity contribution in [1.82, 2.24) is 0 Å². The monoisotopic (exact) mass is 984 g/mol. The summed E-state index contributed by atoms with van der Waals surface area (Å²) in [6, 6.07) is 74.9. The molecule has 0 amide bonds. The van der Waals surface area contributed by atoms with E-state index in [1.807, 2.05) is 152 Å². The second kappa shape index (κ2) is 20.7. The van der Waals surface area contributed by atoms with Crippen LogP contribution in [0.5, 0.6) is 0 Å². The molecule has 0 radical (unpaired) electrons. The molecule has 10 aromatic carbocycles. The molecule has 0 saturated carbocycles. The summed E-state index contributed by atoms with van der Waals surface area (Å²) in [5.41, 5.74) is 21.3. The number of hydrogen-bond acceptors (Lipinski definition) is 6. The number of benzene rings is 10. The molecular formula is C70H48O6. The largest absolute Gasteiger partial charge is 0.392 e. The minimum atomic E-state index is -0.408. The Balaban J connectivity index is 0.000000128. The normalized spacial score (nSPS) is 12.6. The molecule has 6 nitrogen and oxygen atoms in total. The van der Waals surface area contributed by atoms with Crippen molar-refractivity contribution in [3.63, 3.8) is 0 Å². The molecule has 3 aliphatic carbocycles. The van der Waals surface area contributed by atoms with Crippen LogP contribution in [-0.4, -0.2) is 33.3 Å². The fourth-order valence-corrected chi connectivity index (χ4v) is 10.2. The molecule has 0 atom stereocenters. The number of allylic oxidation sites excluding steroid dienone is 2. The second-order valence-electron chi connectivity index (χ2n) is 18.8. The van der Waals surface area contributed by atoms with Gasteiger partial charge < -0.3 is 10.2 Å². The molecule has 0 spiro atoms. The smallest absolute Gasteiger partial charge is 0.234 e. The van der Waals surface area contributed by atoms with Gasteiger partial charge in [0.05, 0.1) is 13.2 Å². The van der Waals surface area contributed by atoms with E-state index in [-0.39, 0.29) is 24.8 Å². The lowest BCUT2D eigenvalue weighted by atomic mass is 9.80. The third kappa shape index (κ3) is 9.09. The maximum Gasteiger partial charge on any atom is 0.234 e. The Hall–Kier alpha value is -9.72. The lowest BCUT2D eigenvalue weighted by molar-refractivity contribution is 0.0815. The Morgan fingerprint density at radius 3 is 0.816 bits per heavy atom. The van der Waals surface area contributed by atoms with E-state index in [0.29, 0.717) is 27.8 Å². The molecule has 3 aliphatic rings. The van der Waals surface area contributed by atoms with Gasteiger partial charge in [-0.2, -0.15) is 0 Å². The molecule has 0 heterocycles. The fraction of sp³-hybridized carbons (Fsp3) is 0.0286. The zero-order chi connectivity index (χ0) is 52.5. The number of ketones is 4. The Morgan fingerprint density at radius 2 is 0.487 bits per heavy atom. The lowest BCUT2D eigenvalue weighted by Gasteiger charge is -2.22. The summed E-state index contributed by atoms with van der Waals surface area (Å²) < 4.78 is 0. The number of aliphatic hydroxyl groups is 2. The lowest BCUT2D eigenvalue weighted by Crippen LogP contribution is -2.20. The first-order valence-corrected chi connectivity index (χ1v) is 24.9.